The molecule has 80 valence electrons. The van der Waals surface area contributed by atoms with E-state index in [4.69, 9.17) is 4.74 Å². The van der Waals surface area contributed by atoms with Crippen LogP contribution in [0.25, 0.3) is 0 Å². The average molecular weight is 204 g/mol. The number of benzene rings is 1. The summed E-state index contributed by atoms with van der Waals surface area (Å²) >= 11 is 0. The van der Waals surface area contributed by atoms with E-state index < -0.39 is 0 Å². The third kappa shape index (κ3) is 3.58. The molecule has 0 aliphatic rings. The third-order valence-corrected chi connectivity index (χ3v) is 2.17. The fourth-order valence-corrected chi connectivity index (χ4v) is 1.28. The predicted octanol–water partition coefficient (Wildman–Crippen LogP) is 3.20. The molecule has 0 saturated carbocycles. The van der Waals surface area contributed by atoms with Gasteiger partial charge >= 0.3 is 5.97 Å². The van der Waals surface area contributed by atoms with E-state index in [9.17, 15) is 4.79 Å². The van der Waals surface area contributed by atoms with Gasteiger partial charge in [-0.05, 0) is 18.6 Å². The van der Waals surface area contributed by atoms with Gasteiger partial charge in [0.05, 0.1) is 5.56 Å². The van der Waals surface area contributed by atoms with Gasteiger partial charge < -0.3 is 4.74 Å². The van der Waals surface area contributed by atoms with Crippen molar-refractivity contribution in [3.05, 3.63) is 48.6 Å². The van der Waals surface area contributed by atoms with Crippen molar-refractivity contribution < 1.29 is 9.53 Å². The molecule has 1 aromatic carbocycles. The molecule has 0 saturated heterocycles. The van der Waals surface area contributed by atoms with E-state index in [2.05, 4.69) is 6.58 Å². The van der Waals surface area contributed by atoms with Crippen molar-refractivity contribution in [1.29, 1.82) is 0 Å². The first-order valence-corrected chi connectivity index (χ1v) is 5.14. The van der Waals surface area contributed by atoms with E-state index >= 15 is 0 Å². The molecule has 0 unspecified atom stereocenters. The first-order valence-electron chi connectivity index (χ1n) is 5.14. The van der Waals surface area contributed by atoms with Gasteiger partial charge in [-0.15, -0.1) is 6.58 Å². The molecule has 0 radical (unpaired) electrons. The van der Waals surface area contributed by atoms with Gasteiger partial charge in [-0.2, -0.15) is 0 Å². The van der Waals surface area contributed by atoms with Crippen molar-refractivity contribution in [2.24, 2.45) is 0 Å². The lowest BCUT2D eigenvalue weighted by atomic mass is 10.2. The van der Waals surface area contributed by atoms with Crippen LogP contribution in [0.3, 0.4) is 0 Å². The molecular weight excluding hydrogens is 188 g/mol. The fourth-order valence-electron chi connectivity index (χ4n) is 1.28. The molecule has 1 aromatic rings. The second-order valence-corrected chi connectivity index (χ2v) is 3.33. The number of carbonyl (C=O) groups excluding carboxylic acids is 1. The smallest absolute Gasteiger partial charge is 0.338 e. The summed E-state index contributed by atoms with van der Waals surface area (Å²) in [5.74, 6) is -0.260. The van der Waals surface area contributed by atoms with Gasteiger partial charge in [0.2, 0.25) is 0 Å². The molecular formula is C13H16O2. The topological polar surface area (TPSA) is 26.3 Å². The Balaban J connectivity index is 2.58. The first kappa shape index (κ1) is 11.5. The summed E-state index contributed by atoms with van der Waals surface area (Å²) in [6.07, 6.45) is 3.22. The zero-order valence-corrected chi connectivity index (χ0v) is 8.98. The molecule has 0 amide bonds. The second-order valence-electron chi connectivity index (χ2n) is 3.33. The van der Waals surface area contributed by atoms with E-state index in [1.165, 1.54) is 0 Å². The van der Waals surface area contributed by atoms with E-state index in [0.717, 1.165) is 6.42 Å². The average Bonchev–Trinajstić information content (AvgIpc) is 2.29. The van der Waals surface area contributed by atoms with E-state index in [-0.39, 0.29) is 12.1 Å². The number of hydrogen-bond acceptors (Lipinski definition) is 2. The molecule has 0 fully saturated rings. The maximum Gasteiger partial charge on any atom is 0.338 e. The van der Waals surface area contributed by atoms with Crippen LogP contribution in [0.2, 0.25) is 0 Å². The number of carbonyl (C=O) groups is 1. The number of rotatable bonds is 5. The highest BCUT2D eigenvalue weighted by Crippen LogP contribution is 2.09. The molecule has 0 aliphatic carbocycles. The van der Waals surface area contributed by atoms with Gasteiger partial charge in [0, 0.05) is 6.42 Å². The van der Waals surface area contributed by atoms with Gasteiger partial charge in [0.1, 0.15) is 6.10 Å². The van der Waals surface area contributed by atoms with Crippen LogP contribution in [0.5, 0.6) is 0 Å². The summed E-state index contributed by atoms with van der Waals surface area (Å²) < 4.78 is 5.32. The van der Waals surface area contributed by atoms with Gasteiger partial charge in [-0.25, -0.2) is 4.79 Å². The van der Waals surface area contributed by atoms with Gasteiger partial charge in [-0.3, -0.25) is 0 Å². The van der Waals surface area contributed by atoms with Crippen LogP contribution in [0.4, 0.5) is 0 Å². The van der Waals surface area contributed by atoms with E-state index in [1.54, 1.807) is 18.2 Å². The number of esters is 1. The zero-order chi connectivity index (χ0) is 11.1. The second kappa shape index (κ2) is 6.02. The molecule has 0 spiro atoms. The first-order chi connectivity index (χ1) is 7.27. The number of hydrogen-bond donors (Lipinski definition) is 0. The van der Waals surface area contributed by atoms with Crippen LogP contribution in [0.15, 0.2) is 43.0 Å². The zero-order valence-electron chi connectivity index (χ0n) is 8.98. The minimum atomic E-state index is -0.260. The van der Waals surface area contributed by atoms with Crippen LogP contribution in [-0.2, 0) is 4.74 Å². The van der Waals surface area contributed by atoms with Gasteiger partial charge in [0.25, 0.3) is 0 Å². The molecule has 2 heteroatoms. The Bertz CT molecular complexity index is 317. The van der Waals surface area contributed by atoms with Crippen molar-refractivity contribution in [3.8, 4) is 0 Å². The standard InChI is InChI=1S/C13H16O2/c1-3-8-12(4-2)15-13(14)11-9-6-5-7-10-11/h3,5-7,9-10,12H,1,4,8H2,2H3/t12-/m0/s1. The van der Waals surface area contributed by atoms with Crippen LogP contribution >= 0.6 is 0 Å². The highest BCUT2D eigenvalue weighted by Gasteiger charge is 2.12. The van der Waals surface area contributed by atoms with Crippen molar-refractivity contribution in [2.45, 2.75) is 25.9 Å². The molecule has 0 bridgehead atoms. The summed E-state index contributed by atoms with van der Waals surface area (Å²) in [6.45, 7) is 5.63. The van der Waals surface area contributed by atoms with Crippen molar-refractivity contribution in [2.75, 3.05) is 0 Å². The molecule has 2 nitrogen and oxygen atoms in total. The molecule has 0 N–H and O–H groups in total. The summed E-state index contributed by atoms with van der Waals surface area (Å²) in [4.78, 5) is 11.6. The minimum Gasteiger partial charge on any atom is -0.458 e. The molecule has 0 aliphatic heterocycles. The Labute approximate surface area is 90.6 Å². The molecule has 1 rings (SSSR count). The highest BCUT2D eigenvalue weighted by molar-refractivity contribution is 5.89. The Morgan fingerprint density at radius 3 is 2.67 bits per heavy atom. The summed E-state index contributed by atoms with van der Waals surface area (Å²) in [5, 5.41) is 0. The van der Waals surface area contributed by atoms with Crippen molar-refractivity contribution in [1.82, 2.24) is 0 Å². The Kier molecular flexibility index (Phi) is 4.61. The lowest BCUT2D eigenvalue weighted by Crippen LogP contribution is -2.16. The Morgan fingerprint density at radius 1 is 1.47 bits per heavy atom. The third-order valence-electron chi connectivity index (χ3n) is 2.17. The Morgan fingerprint density at radius 2 is 2.13 bits per heavy atom. The maximum absolute atomic E-state index is 11.6. The summed E-state index contributed by atoms with van der Waals surface area (Å²) in [7, 11) is 0. The largest absolute Gasteiger partial charge is 0.458 e. The van der Waals surface area contributed by atoms with Crippen molar-refractivity contribution >= 4 is 5.97 Å². The molecule has 0 heterocycles. The van der Waals surface area contributed by atoms with Crippen molar-refractivity contribution in [3.63, 3.8) is 0 Å². The Hall–Kier alpha value is -1.57. The summed E-state index contributed by atoms with van der Waals surface area (Å²) in [5.41, 5.74) is 0.597. The predicted molar refractivity (Wildman–Crippen MR) is 60.8 cm³/mol. The number of ether oxygens (including phenoxy) is 1. The van der Waals surface area contributed by atoms with Gasteiger partial charge in [0.15, 0.2) is 0 Å². The summed E-state index contributed by atoms with van der Waals surface area (Å²) in [6, 6.07) is 9.03. The van der Waals surface area contributed by atoms with Crippen LogP contribution in [-0.4, -0.2) is 12.1 Å². The minimum absolute atomic E-state index is 0.0600. The highest BCUT2D eigenvalue weighted by atomic mass is 16.5. The lowest BCUT2D eigenvalue weighted by molar-refractivity contribution is 0.0300. The monoisotopic (exact) mass is 204 g/mol. The van der Waals surface area contributed by atoms with E-state index in [0.29, 0.717) is 12.0 Å². The van der Waals surface area contributed by atoms with Crippen LogP contribution < -0.4 is 0 Å². The lowest BCUT2D eigenvalue weighted by Gasteiger charge is -2.13. The molecule has 15 heavy (non-hydrogen) atoms. The quantitative estimate of drug-likeness (QED) is 0.544. The fraction of sp³-hybridized carbons (Fsp3) is 0.308. The van der Waals surface area contributed by atoms with E-state index in [1.807, 2.05) is 25.1 Å². The SMILES string of the molecule is C=CC[C@H](CC)OC(=O)c1ccccc1. The van der Waals surface area contributed by atoms with Crippen LogP contribution in [0.1, 0.15) is 30.1 Å². The maximum atomic E-state index is 11.6. The normalized spacial score (nSPS) is 11.8. The molecule has 0 aromatic heterocycles. The van der Waals surface area contributed by atoms with Gasteiger partial charge in [-0.1, -0.05) is 31.2 Å². The molecule has 1 atom stereocenters. The van der Waals surface area contributed by atoms with Crippen LogP contribution in [0, 0.1) is 0 Å².